The SMILES string of the molecule is CC1CCN(C(=O)N(C)c2cccc(C#N)c2)CC1. The van der Waals surface area contributed by atoms with Crippen molar-refractivity contribution in [3.63, 3.8) is 0 Å². The maximum absolute atomic E-state index is 12.4. The molecule has 0 aromatic heterocycles. The Bertz CT molecular complexity index is 498. The first-order valence-corrected chi connectivity index (χ1v) is 6.64. The van der Waals surface area contributed by atoms with Crippen molar-refractivity contribution in [3.8, 4) is 6.07 Å². The summed E-state index contributed by atoms with van der Waals surface area (Å²) in [4.78, 5) is 15.9. The second-order valence-electron chi connectivity index (χ2n) is 5.17. The monoisotopic (exact) mass is 257 g/mol. The van der Waals surface area contributed by atoms with Gasteiger partial charge >= 0.3 is 6.03 Å². The summed E-state index contributed by atoms with van der Waals surface area (Å²) in [6, 6.07) is 9.25. The van der Waals surface area contributed by atoms with Crippen LogP contribution in [0.3, 0.4) is 0 Å². The van der Waals surface area contributed by atoms with Gasteiger partial charge in [0.2, 0.25) is 0 Å². The zero-order valence-corrected chi connectivity index (χ0v) is 11.5. The molecule has 0 unspecified atom stereocenters. The molecule has 0 saturated carbocycles. The van der Waals surface area contributed by atoms with Gasteiger partial charge in [-0.15, -0.1) is 0 Å². The lowest BCUT2D eigenvalue weighted by Gasteiger charge is -2.33. The minimum absolute atomic E-state index is 0.0157. The number of anilines is 1. The highest BCUT2D eigenvalue weighted by molar-refractivity contribution is 5.91. The van der Waals surface area contributed by atoms with Crippen molar-refractivity contribution in [2.45, 2.75) is 19.8 Å². The van der Waals surface area contributed by atoms with E-state index in [2.05, 4.69) is 13.0 Å². The van der Waals surface area contributed by atoms with Crippen LogP contribution < -0.4 is 4.90 Å². The molecule has 0 radical (unpaired) electrons. The van der Waals surface area contributed by atoms with Crippen LogP contribution in [0.15, 0.2) is 24.3 Å². The first kappa shape index (κ1) is 13.4. The van der Waals surface area contributed by atoms with Gasteiger partial charge in [0.15, 0.2) is 0 Å². The molecule has 19 heavy (non-hydrogen) atoms. The van der Waals surface area contributed by atoms with E-state index < -0.39 is 0 Å². The zero-order chi connectivity index (χ0) is 13.8. The van der Waals surface area contributed by atoms with Crippen molar-refractivity contribution in [2.24, 2.45) is 5.92 Å². The van der Waals surface area contributed by atoms with Gasteiger partial charge in [0, 0.05) is 25.8 Å². The molecular formula is C15H19N3O. The lowest BCUT2D eigenvalue weighted by atomic mass is 9.99. The molecule has 0 aliphatic carbocycles. The summed E-state index contributed by atoms with van der Waals surface area (Å²) in [6.07, 6.45) is 2.13. The summed E-state index contributed by atoms with van der Waals surface area (Å²) in [5.74, 6) is 0.705. The van der Waals surface area contributed by atoms with Gasteiger partial charge in [-0.1, -0.05) is 13.0 Å². The average molecular weight is 257 g/mol. The summed E-state index contributed by atoms with van der Waals surface area (Å²) >= 11 is 0. The Kier molecular flexibility index (Phi) is 4.06. The highest BCUT2D eigenvalue weighted by Gasteiger charge is 2.23. The summed E-state index contributed by atoms with van der Waals surface area (Å²) in [6.45, 7) is 3.87. The number of carbonyl (C=O) groups is 1. The van der Waals surface area contributed by atoms with Gasteiger partial charge in [-0.2, -0.15) is 5.26 Å². The van der Waals surface area contributed by atoms with Crippen LogP contribution in [0.1, 0.15) is 25.3 Å². The number of urea groups is 1. The molecule has 1 saturated heterocycles. The van der Waals surface area contributed by atoms with Gasteiger partial charge in [0.25, 0.3) is 0 Å². The smallest absolute Gasteiger partial charge is 0.324 e. The Hall–Kier alpha value is -2.02. The summed E-state index contributed by atoms with van der Waals surface area (Å²) in [5, 5.41) is 8.90. The summed E-state index contributed by atoms with van der Waals surface area (Å²) < 4.78 is 0. The van der Waals surface area contributed by atoms with Crippen LogP contribution in [0, 0.1) is 17.2 Å². The fraction of sp³-hybridized carbons (Fsp3) is 0.467. The Morgan fingerprint density at radius 1 is 1.42 bits per heavy atom. The van der Waals surface area contributed by atoms with E-state index in [1.54, 1.807) is 30.1 Å². The summed E-state index contributed by atoms with van der Waals surface area (Å²) in [7, 11) is 1.76. The second kappa shape index (κ2) is 5.75. The third-order valence-corrected chi connectivity index (χ3v) is 3.70. The quantitative estimate of drug-likeness (QED) is 0.776. The maximum atomic E-state index is 12.4. The third kappa shape index (κ3) is 3.05. The number of nitrogens with zero attached hydrogens (tertiary/aromatic N) is 3. The zero-order valence-electron chi connectivity index (χ0n) is 11.5. The van der Waals surface area contributed by atoms with Crippen molar-refractivity contribution >= 4 is 11.7 Å². The van der Waals surface area contributed by atoms with Crippen molar-refractivity contribution < 1.29 is 4.79 Å². The van der Waals surface area contributed by atoms with Crippen molar-refractivity contribution in [1.29, 1.82) is 5.26 Å². The van der Waals surface area contributed by atoms with E-state index >= 15 is 0 Å². The molecule has 1 aromatic carbocycles. The van der Waals surface area contributed by atoms with Crippen molar-refractivity contribution in [1.82, 2.24) is 4.90 Å². The van der Waals surface area contributed by atoms with Crippen molar-refractivity contribution in [3.05, 3.63) is 29.8 Å². The number of likely N-dealkylation sites (tertiary alicyclic amines) is 1. The van der Waals surface area contributed by atoms with E-state index in [1.807, 2.05) is 11.0 Å². The molecule has 2 rings (SSSR count). The lowest BCUT2D eigenvalue weighted by molar-refractivity contribution is 0.181. The van der Waals surface area contributed by atoms with Gasteiger partial charge in [-0.3, -0.25) is 4.90 Å². The van der Waals surface area contributed by atoms with E-state index in [1.165, 1.54) is 0 Å². The fourth-order valence-corrected chi connectivity index (χ4v) is 2.31. The van der Waals surface area contributed by atoms with E-state index in [9.17, 15) is 4.79 Å². The Morgan fingerprint density at radius 3 is 2.74 bits per heavy atom. The van der Waals surface area contributed by atoms with Gasteiger partial charge < -0.3 is 4.90 Å². The molecule has 4 nitrogen and oxygen atoms in total. The second-order valence-corrected chi connectivity index (χ2v) is 5.17. The van der Waals surface area contributed by atoms with E-state index in [4.69, 9.17) is 5.26 Å². The number of hydrogen-bond acceptors (Lipinski definition) is 2. The Balaban J connectivity index is 2.08. The molecule has 4 heteroatoms. The van der Waals surface area contributed by atoms with Crippen LogP contribution in [-0.2, 0) is 0 Å². The third-order valence-electron chi connectivity index (χ3n) is 3.70. The van der Waals surface area contributed by atoms with E-state index in [0.717, 1.165) is 31.6 Å². The average Bonchev–Trinajstić information content (AvgIpc) is 2.46. The molecule has 100 valence electrons. The normalized spacial score (nSPS) is 15.9. The predicted octanol–water partition coefficient (Wildman–Crippen LogP) is 2.85. The standard InChI is InChI=1S/C15H19N3O/c1-12-6-8-18(9-7-12)15(19)17(2)14-5-3-4-13(10-14)11-16/h3-5,10,12H,6-9H2,1-2H3. The molecular weight excluding hydrogens is 238 g/mol. The number of nitriles is 1. The highest BCUT2D eigenvalue weighted by Crippen LogP contribution is 2.20. The first-order valence-electron chi connectivity index (χ1n) is 6.64. The molecule has 1 aliphatic heterocycles. The van der Waals surface area contributed by atoms with E-state index in [-0.39, 0.29) is 6.03 Å². The minimum Gasteiger partial charge on any atom is -0.324 e. The van der Waals surface area contributed by atoms with Crippen LogP contribution in [0.4, 0.5) is 10.5 Å². The van der Waals surface area contributed by atoms with E-state index in [0.29, 0.717) is 11.5 Å². The van der Waals surface area contributed by atoms with Crippen molar-refractivity contribution in [2.75, 3.05) is 25.0 Å². The predicted molar refractivity (Wildman–Crippen MR) is 74.9 cm³/mol. The molecule has 1 fully saturated rings. The van der Waals surface area contributed by atoms with Crippen LogP contribution in [0.2, 0.25) is 0 Å². The molecule has 1 aliphatic rings. The number of carbonyl (C=O) groups excluding carboxylic acids is 1. The minimum atomic E-state index is 0.0157. The molecule has 1 aromatic rings. The first-order chi connectivity index (χ1) is 9.11. The molecule has 0 N–H and O–H groups in total. The number of amides is 2. The number of hydrogen-bond donors (Lipinski definition) is 0. The Morgan fingerprint density at radius 2 is 2.11 bits per heavy atom. The lowest BCUT2D eigenvalue weighted by Crippen LogP contribution is -2.45. The Labute approximate surface area is 114 Å². The summed E-state index contributed by atoms with van der Waals surface area (Å²) in [5.41, 5.74) is 1.34. The molecule has 1 heterocycles. The maximum Gasteiger partial charge on any atom is 0.324 e. The van der Waals surface area contributed by atoms with Gasteiger partial charge in [0.05, 0.1) is 11.6 Å². The number of rotatable bonds is 1. The molecule has 0 atom stereocenters. The van der Waals surface area contributed by atoms with Gasteiger partial charge in [-0.25, -0.2) is 4.79 Å². The van der Waals surface area contributed by atoms with Crippen LogP contribution in [0.25, 0.3) is 0 Å². The highest BCUT2D eigenvalue weighted by atomic mass is 16.2. The number of benzene rings is 1. The number of piperidine rings is 1. The fourth-order valence-electron chi connectivity index (χ4n) is 2.31. The largest absolute Gasteiger partial charge is 0.324 e. The van der Waals surface area contributed by atoms with Gasteiger partial charge in [0.1, 0.15) is 0 Å². The van der Waals surface area contributed by atoms with Crippen LogP contribution in [0.5, 0.6) is 0 Å². The van der Waals surface area contributed by atoms with Crippen LogP contribution >= 0.6 is 0 Å². The molecule has 0 spiro atoms. The van der Waals surface area contributed by atoms with Gasteiger partial charge in [-0.05, 0) is 37.0 Å². The molecule has 0 bridgehead atoms. The topological polar surface area (TPSA) is 47.3 Å². The molecule has 2 amide bonds. The van der Waals surface area contributed by atoms with Crippen LogP contribution in [-0.4, -0.2) is 31.1 Å².